The van der Waals surface area contributed by atoms with E-state index in [0.29, 0.717) is 60.6 Å². The van der Waals surface area contributed by atoms with Crippen LogP contribution in [0.25, 0.3) is 10.9 Å². The molecular weight excluding hydrogens is 428 g/mol. The second kappa shape index (κ2) is 9.12. The second-order valence-corrected chi connectivity index (χ2v) is 8.73. The van der Waals surface area contributed by atoms with Gasteiger partial charge < -0.3 is 19.5 Å². The Labute approximate surface area is 184 Å². The fourth-order valence-electron chi connectivity index (χ4n) is 4.45. The van der Waals surface area contributed by atoms with Crippen molar-refractivity contribution in [1.82, 2.24) is 14.8 Å². The Bertz CT molecular complexity index is 972. The predicted octanol–water partition coefficient (Wildman–Crippen LogP) is 3.71. The van der Waals surface area contributed by atoms with Gasteiger partial charge in [-0.3, -0.25) is 9.59 Å². The fourth-order valence-corrected chi connectivity index (χ4v) is 4.72. The first-order valence-electron chi connectivity index (χ1n) is 10.6. The van der Waals surface area contributed by atoms with Gasteiger partial charge in [0.05, 0.1) is 29.3 Å². The van der Waals surface area contributed by atoms with Gasteiger partial charge >= 0.3 is 0 Å². The van der Waals surface area contributed by atoms with Gasteiger partial charge in [-0.15, -0.1) is 0 Å². The highest BCUT2D eigenvalue weighted by Crippen LogP contribution is 2.36. The number of ether oxygens (including phenoxy) is 1. The molecule has 1 aliphatic carbocycles. The third-order valence-electron chi connectivity index (χ3n) is 6.06. The Kier molecular flexibility index (Phi) is 6.48. The summed E-state index contributed by atoms with van der Waals surface area (Å²) >= 11 is 6.39. The number of carbonyl (C=O) groups excluding carboxylic acids is 2. The standard InChI is InChI=1S/C22H26ClF2N3O3/c23-17-4-1-5-18-20(17)16(13-28(18)14-19(29)27-7-9-31-10-8-27)21(30)26-12-15-3-2-6-22(24,25)11-15/h1,4-5,13,15H,2-3,6-12,14H2,(H,26,30). The van der Waals surface area contributed by atoms with Crippen LogP contribution in [-0.2, 0) is 16.1 Å². The number of carbonyl (C=O) groups is 2. The molecule has 1 saturated carbocycles. The predicted molar refractivity (Wildman–Crippen MR) is 114 cm³/mol. The average molecular weight is 454 g/mol. The van der Waals surface area contributed by atoms with Crippen LogP contribution in [0.1, 0.15) is 36.0 Å². The van der Waals surface area contributed by atoms with Crippen LogP contribution < -0.4 is 5.32 Å². The van der Waals surface area contributed by atoms with Gasteiger partial charge in [0.25, 0.3) is 5.91 Å². The molecule has 2 aliphatic rings. The van der Waals surface area contributed by atoms with Crippen LogP contribution in [0.5, 0.6) is 0 Å². The average Bonchev–Trinajstić information content (AvgIpc) is 3.12. The number of hydrogen-bond donors (Lipinski definition) is 1. The highest BCUT2D eigenvalue weighted by molar-refractivity contribution is 6.36. The van der Waals surface area contributed by atoms with Crippen LogP contribution in [0.4, 0.5) is 8.78 Å². The summed E-state index contributed by atoms with van der Waals surface area (Å²) in [5, 5.41) is 3.77. The van der Waals surface area contributed by atoms with Gasteiger partial charge in [-0.05, 0) is 30.9 Å². The number of nitrogens with one attached hydrogen (secondary N) is 1. The molecule has 168 valence electrons. The van der Waals surface area contributed by atoms with E-state index in [1.54, 1.807) is 27.8 Å². The molecule has 1 saturated heterocycles. The molecule has 9 heteroatoms. The van der Waals surface area contributed by atoms with Gasteiger partial charge in [-0.2, -0.15) is 0 Å². The summed E-state index contributed by atoms with van der Waals surface area (Å²) < 4.78 is 34.3. The summed E-state index contributed by atoms with van der Waals surface area (Å²) in [6.07, 6.45) is 2.47. The molecule has 1 unspecified atom stereocenters. The van der Waals surface area contributed by atoms with E-state index >= 15 is 0 Å². The SMILES string of the molecule is O=C(NCC1CCCC(F)(F)C1)c1cn(CC(=O)N2CCOCC2)c2cccc(Cl)c12. The van der Waals surface area contributed by atoms with Gasteiger partial charge in [0.1, 0.15) is 6.54 Å². The summed E-state index contributed by atoms with van der Waals surface area (Å²) in [6, 6.07) is 5.27. The molecule has 1 aromatic heterocycles. The highest BCUT2D eigenvalue weighted by Gasteiger charge is 2.36. The minimum Gasteiger partial charge on any atom is -0.378 e. The van der Waals surface area contributed by atoms with Crippen molar-refractivity contribution in [2.75, 3.05) is 32.8 Å². The molecule has 2 aromatic rings. The highest BCUT2D eigenvalue weighted by atomic mass is 35.5. The van der Waals surface area contributed by atoms with E-state index in [2.05, 4.69) is 5.32 Å². The molecule has 0 bridgehead atoms. The van der Waals surface area contributed by atoms with E-state index < -0.39 is 5.92 Å². The van der Waals surface area contributed by atoms with Crippen LogP contribution in [0, 0.1) is 5.92 Å². The Hall–Kier alpha value is -2.19. The molecule has 2 heterocycles. The van der Waals surface area contributed by atoms with Crippen LogP contribution in [0.2, 0.25) is 5.02 Å². The summed E-state index contributed by atoms with van der Waals surface area (Å²) in [7, 11) is 0. The first kappa shape index (κ1) is 22.0. The van der Waals surface area contributed by atoms with Crippen molar-refractivity contribution in [3.63, 3.8) is 0 Å². The van der Waals surface area contributed by atoms with Crippen molar-refractivity contribution < 1.29 is 23.1 Å². The number of fused-ring (bicyclic) bond motifs is 1. The molecule has 2 fully saturated rings. The summed E-state index contributed by atoms with van der Waals surface area (Å²) in [5.74, 6) is -3.34. The number of amides is 2. The van der Waals surface area contributed by atoms with E-state index in [1.807, 2.05) is 6.07 Å². The van der Waals surface area contributed by atoms with Crippen molar-refractivity contribution >= 4 is 34.3 Å². The molecule has 1 aliphatic heterocycles. The fraction of sp³-hybridized carbons (Fsp3) is 0.545. The first-order valence-corrected chi connectivity index (χ1v) is 11.0. The Balaban J connectivity index is 1.52. The van der Waals surface area contributed by atoms with Crippen molar-refractivity contribution in [2.24, 2.45) is 5.92 Å². The minimum absolute atomic E-state index is 0.0587. The number of aromatic nitrogens is 1. The smallest absolute Gasteiger partial charge is 0.253 e. The van der Waals surface area contributed by atoms with E-state index in [-0.39, 0.29) is 43.7 Å². The third-order valence-corrected chi connectivity index (χ3v) is 6.38. The zero-order chi connectivity index (χ0) is 22.0. The molecule has 1 atom stereocenters. The number of nitrogens with zero attached hydrogens (tertiary/aromatic N) is 2. The van der Waals surface area contributed by atoms with Gasteiger partial charge in [-0.1, -0.05) is 17.7 Å². The van der Waals surface area contributed by atoms with Gasteiger partial charge in [0.2, 0.25) is 11.8 Å². The topological polar surface area (TPSA) is 63.6 Å². The molecular formula is C22H26ClF2N3O3. The van der Waals surface area contributed by atoms with E-state index in [9.17, 15) is 18.4 Å². The Morgan fingerprint density at radius 1 is 1.26 bits per heavy atom. The maximum atomic E-state index is 13.7. The lowest BCUT2D eigenvalue weighted by Gasteiger charge is -2.28. The van der Waals surface area contributed by atoms with Crippen molar-refractivity contribution in [1.29, 1.82) is 0 Å². The van der Waals surface area contributed by atoms with Crippen molar-refractivity contribution in [2.45, 2.75) is 38.2 Å². The quantitative estimate of drug-likeness (QED) is 0.750. The Morgan fingerprint density at radius 2 is 2.03 bits per heavy atom. The lowest BCUT2D eigenvalue weighted by atomic mass is 9.86. The van der Waals surface area contributed by atoms with Crippen LogP contribution >= 0.6 is 11.6 Å². The zero-order valence-corrected chi connectivity index (χ0v) is 18.0. The molecule has 0 spiro atoms. The molecule has 1 N–H and O–H groups in total. The molecule has 0 radical (unpaired) electrons. The zero-order valence-electron chi connectivity index (χ0n) is 17.2. The maximum Gasteiger partial charge on any atom is 0.253 e. The molecule has 1 aromatic carbocycles. The van der Waals surface area contributed by atoms with Crippen LogP contribution in [0.3, 0.4) is 0 Å². The molecule has 31 heavy (non-hydrogen) atoms. The van der Waals surface area contributed by atoms with Gasteiger partial charge in [0.15, 0.2) is 0 Å². The first-order chi connectivity index (χ1) is 14.8. The number of morpholine rings is 1. The van der Waals surface area contributed by atoms with Crippen molar-refractivity contribution in [3.05, 3.63) is 35.0 Å². The van der Waals surface area contributed by atoms with Gasteiger partial charge in [-0.25, -0.2) is 8.78 Å². The van der Waals surface area contributed by atoms with E-state index in [0.717, 1.165) is 0 Å². The number of benzene rings is 1. The van der Waals surface area contributed by atoms with E-state index in [4.69, 9.17) is 16.3 Å². The maximum absolute atomic E-state index is 13.7. The van der Waals surface area contributed by atoms with Crippen LogP contribution in [0.15, 0.2) is 24.4 Å². The lowest BCUT2D eigenvalue weighted by molar-refractivity contribution is -0.135. The minimum atomic E-state index is -2.66. The lowest BCUT2D eigenvalue weighted by Crippen LogP contribution is -2.42. The Morgan fingerprint density at radius 3 is 2.77 bits per heavy atom. The number of alkyl halides is 2. The monoisotopic (exact) mass is 453 g/mol. The number of halogens is 3. The number of hydrogen-bond acceptors (Lipinski definition) is 3. The summed E-state index contributed by atoms with van der Waals surface area (Å²) in [6.45, 7) is 2.38. The largest absolute Gasteiger partial charge is 0.378 e. The number of rotatable bonds is 5. The molecule has 4 rings (SSSR count). The summed E-state index contributed by atoms with van der Waals surface area (Å²) in [5.41, 5.74) is 1.03. The molecule has 2 amide bonds. The van der Waals surface area contributed by atoms with Crippen LogP contribution in [-0.4, -0.2) is 60.1 Å². The normalized spacial score (nSPS) is 21.3. The molecule has 6 nitrogen and oxygen atoms in total. The van der Waals surface area contributed by atoms with E-state index in [1.165, 1.54) is 0 Å². The third kappa shape index (κ3) is 5.01. The van der Waals surface area contributed by atoms with Crippen molar-refractivity contribution in [3.8, 4) is 0 Å². The second-order valence-electron chi connectivity index (χ2n) is 8.33. The summed E-state index contributed by atoms with van der Waals surface area (Å²) in [4.78, 5) is 27.4. The van der Waals surface area contributed by atoms with Gasteiger partial charge in [0, 0.05) is 44.1 Å².